The minimum absolute atomic E-state index is 0.956. The van der Waals surface area contributed by atoms with Crippen molar-refractivity contribution in [2.45, 2.75) is 77.6 Å². The van der Waals surface area contributed by atoms with E-state index in [0.717, 1.165) is 17.6 Å². The van der Waals surface area contributed by atoms with Gasteiger partial charge >= 0.3 is 0 Å². The second-order valence-corrected chi connectivity index (χ2v) is 8.11. The predicted octanol–water partition coefficient (Wildman–Crippen LogP) is 7.24. The zero-order valence-corrected chi connectivity index (χ0v) is 15.4. The van der Waals surface area contributed by atoms with Crippen LogP contribution in [0.1, 0.15) is 86.4 Å². The molecule has 0 spiro atoms. The van der Waals surface area contributed by atoms with Gasteiger partial charge in [0.05, 0.1) is 4.88 Å². The minimum Gasteiger partial charge on any atom is -0.297 e. The molecule has 0 bridgehead atoms. The van der Waals surface area contributed by atoms with Crippen LogP contribution >= 0.6 is 22.7 Å². The van der Waals surface area contributed by atoms with Crippen molar-refractivity contribution < 1.29 is 4.79 Å². The Hall–Kier alpha value is -0.670. The van der Waals surface area contributed by atoms with E-state index < -0.39 is 0 Å². The summed E-state index contributed by atoms with van der Waals surface area (Å²) >= 11 is 3.44. The van der Waals surface area contributed by atoms with Crippen LogP contribution in [0.25, 0.3) is 9.40 Å². The molecule has 0 saturated carbocycles. The lowest BCUT2D eigenvalue weighted by atomic mass is 10.0. The highest BCUT2D eigenvalue weighted by Gasteiger charge is 2.12. The van der Waals surface area contributed by atoms with Gasteiger partial charge in [0.25, 0.3) is 0 Å². The molecule has 0 aliphatic rings. The lowest BCUT2D eigenvalue weighted by molar-refractivity contribution is 0.112. The molecule has 0 amide bonds. The fourth-order valence-electron chi connectivity index (χ4n) is 3.01. The van der Waals surface area contributed by atoms with E-state index in [1.54, 1.807) is 22.7 Å². The lowest BCUT2D eigenvalue weighted by Crippen LogP contribution is -1.89. The van der Waals surface area contributed by atoms with Gasteiger partial charge in [-0.1, -0.05) is 64.7 Å². The Kier molecular flexibility index (Phi) is 8.17. The van der Waals surface area contributed by atoms with Crippen LogP contribution in [0, 0.1) is 0 Å². The second-order valence-electron chi connectivity index (χ2n) is 6.11. The molecule has 122 valence electrons. The number of hydrogen-bond donors (Lipinski definition) is 0. The summed E-state index contributed by atoms with van der Waals surface area (Å²) in [6.45, 7) is 2.27. The number of carbonyl (C=O) groups excluding carboxylic acids is 1. The number of aldehydes is 1. The van der Waals surface area contributed by atoms with Gasteiger partial charge in [-0.15, -0.1) is 22.7 Å². The molecule has 0 radical (unpaired) electrons. The van der Waals surface area contributed by atoms with Crippen molar-refractivity contribution in [3.05, 3.63) is 21.9 Å². The number of rotatable bonds is 12. The molecule has 0 aliphatic carbocycles. The van der Waals surface area contributed by atoms with Crippen LogP contribution in [0.4, 0.5) is 0 Å². The molecular weight excluding hydrogens is 308 g/mol. The van der Waals surface area contributed by atoms with Gasteiger partial charge < -0.3 is 0 Å². The van der Waals surface area contributed by atoms with E-state index in [1.807, 2.05) is 0 Å². The molecule has 2 rings (SSSR count). The second kappa shape index (κ2) is 10.2. The Balaban J connectivity index is 1.60. The van der Waals surface area contributed by atoms with Crippen LogP contribution in [0.15, 0.2) is 11.4 Å². The zero-order valence-electron chi connectivity index (χ0n) is 13.7. The summed E-state index contributed by atoms with van der Waals surface area (Å²) in [6.07, 6.45) is 15.8. The first kappa shape index (κ1) is 17.7. The molecular formula is C19H28OS2. The van der Waals surface area contributed by atoms with Crippen LogP contribution < -0.4 is 0 Å². The van der Waals surface area contributed by atoms with Crippen molar-refractivity contribution in [3.63, 3.8) is 0 Å². The summed E-state index contributed by atoms with van der Waals surface area (Å²) < 4.78 is 2.64. The summed E-state index contributed by atoms with van der Waals surface area (Å²) in [4.78, 5) is 12.1. The zero-order chi connectivity index (χ0) is 15.6. The average molecular weight is 337 g/mol. The van der Waals surface area contributed by atoms with Crippen molar-refractivity contribution in [1.82, 2.24) is 0 Å². The molecule has 0 saturated heterocycles. The van der Waals surface area contributed by atoms with Gasteiger partial charge in [-0.2, -0.15) is 0 Å². The van der Waals surface area contributed by atoms with Gasteiger partial charge in [-0.3, -0.25) is 4.79 Å². The smallest absolute Gasteiger partial charge is 0.160 e. The Labute approximate surface area is 142 Å². The Morgan fingerprint density at radius 3 is 2.23 bits per heavy atom. The molecule has 0 aliphatic heterocycles. The standard InChI is InChI=1S/C19H28OS2/c1-2-3-4-5-6-7-8-9-10-11-12-16-18(15-20)22-17-13-14-21-19(16)17/h13-15H,2-12H2,1H3. The molecule has 2 aromatic rings. The van der Waals surface area contributed by atoms with E-state index in [1.165, 1.54) is 79.2 Å². The first-order chi connectivity index (χ1) is 10.9. The van der Waals surface area contributed by atoms with Crippen LogP contribution in [0.3, 0.4) is 0 Å². The molecule has 0 fully saturated rings. The molecule has 0 N–H and O–H groups in total. The normalized spacial score (nSPS) is 11.3. The summed E-state index contributed by atoms with van der Waals surface area (Å²) in [6, 6.07) is 2.14. The van der Waals surface area contributed by atoms with E-state index in [9.17, 15) is 4.79 Å². The van der Waals surface area contributed by atoms with Crippen molar-refractivity contribution in [2.24, 2.45) is 0 Å². The molecule has 1 nitrogen and oxygen atoms in total. The minimum atomic E-state index is 0.956. The van der Waals surface area contributed by atoms with Crippen LogP contribution in [0.2, 0.25) is 0 Å². The monoisotopic (exact) mass is 336 g/mol. The average Bonchev–Trinajstić information content (AvgIpc) is 3.10. The molecule has 2 heterocycles. The number of carbonyl (C=O) groups is 1. The van der Waals surface area contributed by atoms with Gasteiger partial charge in [0.2, 0.25) is 0 Å². The van der Waals surface area contributed by atoms with Gasteiger partial charge in [0.1, 0.15) is 0 Å². The largest absolute Gasteiger partial charge is 0.297 e. The van der Waals surface area contributed by atoms with E-state index >= 15 is 0 Å². The maximum Gasteiger partial charge on any atom is 0.160 e. The van der Waals surface area contributed by atoms with Crippen LogP contribution in [0.5, 0.6) is 0 Å². The lowest BCUT2D eigenvalue weighted by Gasteiger charge is -2.03. The fraction of sp³-hybridized carbons (Fsp3) is 0.632. The maximum absolute atomic E-state index is 11.2. The number of aryl methyl sites for hydroxylation is 1. The van der Waals surface area contributed by atoms with Gasteiger partial charge in [0.15, 0.2) is 6.29 Å². The van der Waals surface area contributed by atoms with Crippen molar-refractivity contribution in [3.8, 4) is 0 Å². The highest BCUT2D eigenvalue weighted by Crippen LogP contribution is 2.35. The summed E-state index contributed by atoms with van der Waals surface area (Å²) in [5.41, 5.74) is 1.31. The van der Waals surface area contributed by atoms with Gasteiger partial charge in [-0.25, -0.2) is 0 Å². The van der Waals surface area contributed by atoms with Gasteiger partial charge in [-0.05, 0) is 29.9 Å². The maximum atomic E-state index is 11.2. The SMILES string of the molecule is CCCCCCCCCCCCc1c(C=O)sc2ccsc12. The first-order valence-electron chi connectivity index (χ1n) is 8.81. The third-order valence-electron chi connectivity index (χ3n) is 4.31. The Morgan fingerprint density at radius 1 is 0.955 bits per heavy atom. The first-order valence-corrected chi connectivity index (χ1v) is 10.5. The summed E-state index contributed by atoms with van der Waals surface area (Å²) in [7, 11) is 0. The van der Waals surface area contributed by atoms with E-state index in [-0.39, 0.29) is 0 Å². The Morgan fingerprint density at radius 2 is 1.59 bits per heavy atom. The highest BCUT2D eigenvalue weighted by molar-refractivity contribution is 7.28. The van der Waals surface area contributed by atoms with E-state index in [0.29, 0.717) is 0 Å². The predicted molar refractivity (Wildman–Crippen MR) is 101 cm³/mol. The topological polar surface area (TPSA) is 17.1 Å². The number of fused-ring (bicyclic) bond motifs is 1. The van der Waals surface area contributed by atoms with Crippen molar-refractivity contribution in [2.75, 3.05) is 0 Å². The van der Waals surface area contributed by atoms with Crippen molar-refractivity contribution in [1.29, 1.82) is 0 Å². The number of thiophene rings is 2. The summed E-state index contributed by atoms with van der Waals surface area (Å²) in [5.74, 6) is 0. The Bertz CT molecular complexity index is 553. The van der Waals surface area contributed by atoms with Gasteiger partial charge in [0, 0.05) is 9.40 Å². The number of unbranched alkanes of at least 4 members (excludes halogenated alkanes) is 9. The van der Waals surface area contributed by atoms with Crippen LogP contribution in [-0.2, 0) is 6.42 Å². The third-order valence-corrected chi connectivity index (χ3v) is 6.53. The highest BCUT2D eigenvalue weighted by atomic mass is 32.1. The molecule has 22 heavy (non-hydrogen) atoms. The number of hydrogen-bond acceptors (Lipinski definition) is 3. The third kappa shape index (κ3) is 5.20. The van der Waals surface area contributed by atoms with Crippen molar-refractivity contribution >= 4 is 38.4 Å². The molecule has 3 heteroatoms. The molecule has 0 aromatic carbocycles. The van der Waals surface area contributed by atoms with Crippen LogP contribution in [-0.4, -0.2) is 6.29 Å². The van der Waals surface area contributed by atoms with E-state index in [4.69, 9.17) is 0 Å². The summed E-state index contributed by atoms with van der Waals surface area (Å²) in [5, 5.41) is 2.14. The molecule has 2 aromatic heterocycles. The quantitative estimate of drug-likeness (QED) is 0.295. The molecule has 0 atom stereocenters. The van der Waals surface area contributed by atoms with E-state index in [2.05, 4.69) is 18.4 Å². The molecule has 0 unspecified atom stereocenters. The fourth-order valence-corrected chi connectivity index (χ4v) is 5.27.